The largest absolute Gasteiger partial charge is 0.472 e. The zero-order valence-electron chi connectivity index (χ0n) is 18.4. The second-order valence-corrected chi connectivity index (χ2v) is 9.50. The molecule has 1 aromatic heterocycles. The Hall–Kier alpha value is -2.19. The number of esters is 2. The third-order valence-corrected chi connectivity index (χ3v) is 7.89. The lowest BCUT2D eigenvalue weighted by Crippen LogP contribution is -2.64. The topological polar surface area (TPSA) is 101 Å². The summed E-state index contributed by atoms with van der Waals surface area (Å²) in [4.78, 5) is 39.6. The van der Waals surface area contributed by atoms with Crippen LogP contribution in [0.1, 0.15) is 51.2 Å². The Morgan fingerprint density at radius 2 is 2.00 bits per heavy atom. The summed E-state index contributed by atoms with van der Waals surface area (Å²) in [6, 6.07) is 1.77. The predicted octanol–water partition coefficient (Wildman–Crippen LogP) is 3.06. The van der Waals surface area contributed by atoms with E-state index in [2.05, 4.69) is 0 Å². The van der Waals surface area contributed by atoms with E-state index in [4.69, 9.17) is 23.4 Å². The van der Waals surface area contributed by atoms with Crippen molar-refractivity contribution in [1.29, 1.82) is 0 Å². The standard InChI is InChI=1S/C23H30O8/c1-22-7-5-14-21(26)31-17(13-6-8-29-11-13)10-23(14,2)19(22)18(24)16(30-12-27-3)9-15(22)20(25)28-4/h6,8,11,14-17,19H,5,7,9-10,12H2,1-4H3/t14-,15?,16-,17+,19-,22-,23-/m0/s1. The van der Waals surface area contributed by atoms with Crippen molar-refractivity contribution in [3.8, 4) is 0 Å². The molecular weight excluding hydrogens is 404 g/mol. The highest BCUT2D eigenvalue weighted by atomic mass is 16.7. The number of furan rings is 1. The number of ether oxygens (including phenoxy) is 4. The molecule has 1 aromatic rings. The summed E-state index contributed by atoms with van der Waals surface area (Å²) in [6.45, 7) is 3.92. The monoisotopic (exact) mass is 434 g/mol. The van der Waals surface area contributed by atoms with Gasteiger partial charge >= 0.3 is 11.9 Å². The second kappa shape index (κ2) is 8.06. The van der Waals surface area contributed by atoms with Crippen LogP contribution in [0.15, 0.2) is 23.0 Å². The normalized spacial score (nSPS) is 39.9. The maximum atomic E-state index is 13.8. The Morgan fingerprint density at radius 1 is 1.23 bits per heavy atom. The molecule has 2 saturated carbocycles. The number of carbonyl (C=O) groups is 3. The third kappa shape index (κ3) is 3.40. The number of cyclic esters (lactones) is 1. The first-order valence-electron chi connectivity index (χ1n) is 10.7. The maximum Gasteiger partial charge on any atom is 0.310 e. The molecule has 31 heavy (non-hydrogen) atoms. The molecule has 3 aliphatic rings. The van der Waals surface area contributed by atoms with E-state index < -0.39 is 40.8 Å². The minimum Gasteiger partial charge on any atom is -0.472 e. The summed E-state index contributed by atoms with van der Waals surface area (Å²) in [7, 11) is 2.85. The molecule has 2 heterocycles. The van der Waals surface area contributed by atoms with Gasteiger partial charge < -0.3 is 23.4 Å². The summed E-state index contributed by atoms with van der Waals surface area (Å²) in [6.07, 6.45) is 3.65. The van der Waals surface area contributed by atoms with Crippen LogP contribution in [0.25, 0.3) is 0 Å². The highest BCUT2D eigenvalue weighted by molar-refractivity contribution is 5.92. The lowest BCUT2D eigenvalue weighted by atomic mass is 9.43. The molecule has 0 bridgehead atoms. The van der Waals surface area contributed by atoms with Gasteiger partial charge in [0.05, 0.1) is 31.5 Å². The van der Waals surface area contributed by atoms with E-state index in [1.807, 2.05) is 13.8 Å². The van der Waals surface area contributed by atoms with Gasteiger partial charge in [0.15, 0.2) is 5.78 Å². The fraction of sp³-hybridized carbons (Fsp3) is 0.696. The molecule has 8 nitrogen and oxygen atoms in total. The van der Waals surface area contributed by atoms with E-state index in [1.165, 1.54) is 20.5 Å². The van der Waals surface area contributed by atoms with Gasteiger partial charge in [0.2, 0.25) is 0 Å². The molecule has 0 spiro atoms. The van der Waals surface area contributed by atoms with E-state index in [-0.39, 0.29) is 30.9 Å². The molecular formula is C23H30O8. The molecule has 8 heteroatoms. The van der Waals surface area contributed by atoms with Gasteiger partial charge in [-0.25, -0.2) is 0 Å². The number of carbonyl (C=O) groups excluding carboxylic acids is 3. The minimum absolute atomic E-state index is 0.0481. The number of hydrogen-bond acceptors (Lipinski definition) is 8. The van der Waals surface area contributed by atoms with Crippen LogP contribution in [-0.4, -0.2) is 44.8 Å². The van der Waals surface area contributed by atoms with E-state index in [1.54, 1.807) is 12.3 Å². The number of ketones is 1. The van der Waals surface area contributed by atoms with Crippen LogP contribution in [0.4, 0.5) is 0 Å². The molecule has 0 amide bonds. The highest BCUT2D eigenvalue weighted by Crippen LogP contribution is 2.65. The van der Waals surface area contributed by atoms with Gasteiger partial charge in [0.25, 0.3) is 0 Å². The molecule has 4 rings (SSSR count). The van der Waals surface area contributed by atoms with Crippen molar-refractivity contribution in [1.82, 2.24) is 0 Å². The van der Waals surface area contributed by atoms with E-state index in [0.717, 1.165) is 5.56 Å². The molecule has 0 aromatic carbocycles. The second-order valence-electron chi connectivity index (χ2n) is 9.50. The van der Waals surface area contributed by atoms with Gasteiger partial charge in [-0.3, -0.25) is 14.4 Å². The van der Waals surface area contributed by atoms with Gasteiger partial charge in [0.1, 0.15) is 19.0 Å². The number of methoxy groups -OCH3 is 2. The molecule has 0 N–H and O–H groups in total. The Balaban J connectivity index is 1.77. The van der Waals surface area contributed by atoms with Crippen molar-refractivity contribution in [2.45, 2.75) is 51.7 Å². The Labute approximate surface area is 181 Å². The Kier molecular flexibility index (Phi) is 5.72. The van der Waals surface area contributed by atoms with Gasteiger partial charge in [0, 0.05) is 18.6 Å². The van der Waals surface area contributed by atoms with E-state index in [0.29, 0.717) is 19.3 Å². The SMILES string of the molecule is COCO[C@H]1CC(C(=O)OC)[C@]2(C)CC[C@H]3C(=O)O[C@@H](c4ccoc4)C[C@]3(C)[C@H]2C1=O. The number of rotatable bonds is 5. The van der Waals surface area contributed by atoms with Crippen molar-refractivity contribution < 1.29 is 37.7 Å². The van der Waals surface area contributed by atoms with Gasteiger partial charge in [-0.2, -0.15) is 0 Å². The molecule has 1 aliphatic heterocycles. The Bertz CT molecular complexity index is 848. The van der Waals surface area contributed by atoms with Crippen LogP contribution < -0.4 is 0 Å². The van der Waals surface area contributed by atoms with Crippen molar-refractivity contribution in [2.24, 2.45) is 28.6 Å². The molecule has 170 valence electrons. The summed E-state index contributed by atoms with van der Waals surface area (Å²) in [5.41, 5.74) is -0.566. The van der Waals surface area contributed by atoms with Crippen LogP contribution >= 0.6 is 0 Å². The van der Waals surface area contributed by atoms with Gasteiger partial charge in [-0.1, -0.05) is 13.8 Å². The highest BCUT2D eigenvalue weighted by Gasteiger charge is 2.67. The zero-order chi connectivity index (χ0) is 22.4. The van der Waals surface area contributed by atoms with Crippen LogP contribution in [0, 0.1) is 28.6 Å². The Morgan fingerprint density at radius 3 is 2.65 bits per heavy atom. The first-order valence-corrected chi connectivity index (χ1v) is 10.7. The van der Waals surface area contributed by atoms with Crippen LogP contribution in [0.5, 0.6) is 0 Å². The van der Waals surface area contributed by atoms with Gasteiger partial charge in [-0.05, 0) is 42.6 Å². The van der Waals surface area contributed by atoms with Crippen LogP contribution in [0.3, 0.4) is 0 Å². The molecule has 1 saturated heterocycles. The van der Waals surface area contributed by atoms with Crippen molar-refractivity contribution >= 4 is 17.7 Å². The molecule has 3 fully saturated rings. The van der Waals surface area contributed by atoms with E-state index in [9.17, 15) is 14.4 Å². The first kappa shape index (κ1) is 22.0. The number of fused-ring (bicyclic) bond motifs is 3. The number of Topliss-reactive ketones (excluding diaryl/α,β-unsaturated/α-hetero) is 1. The quantitative estimate of drug-likeness (QED) is 0.515. The van der Waals surface area contributed by atoms with Crippen molar-refractivity contribution in [3.05, 3.63) is 24.2 Å². The van der Waals surface area contributed by atoms with Crippen molar-refractivity contribution in [3.63, 3.8) is 0 Å². The summed E-state index contributed by atoms with van der Waals surface area (Å²) in [5, 5.41) is 0. The molecule has 7 atom stereocenters. The van der Waals surface area contributed by atoms with Crippen LogP contribution in [-0.2, 0) is 33.3 Å². The smallest absolute Gasteiger partial charge is 0.310 e. The summed E-state index contributed by atoms with van der Waals surface area (Å²) >= 11 is 0. The molecule has 1 unspecified atom stereocenters. The third-order valence-electron chi connectivity index (χ3n) is 7.89. The predicted molar refractivity (Wildman–Crippen MR) is 106 cm³/mol. The minimum atomic E-state index is -0.789. The average molecular weight is 434 g/mol. The zero-order valence-corrected chi connectivity index (χ0v) is 18.4. The maximum absolute atomic E-state index is 13.8. The molecule has 2 aliphatic carbocycles. The lowest BCUT2D eigenvalue weighted by molar-refractivity contribution is -0.213. The molecule has 0 radical (unpaired) electrons. The lowest BCUT2D eigenvalue weighted by Gasteiger charge is -2.61. The summed E-state index contributed by atoms with van der Waals surface area (Å²) in [5.74, 6) is -2.21. The van der Waals surface area contributed by atoms with E-state index >= 15 is 0 Å². The number of hydrogen-bond donors (Lipinski definition) is 0. The van der Waals surface area contributed by atoms with Gasteiger partial charge in [-0.15, -0.1) is 0 Å². The summed E-state index contributed by atoms with van der Waals surface area (Å²) < 4.78 is 26.8. The average Bonchev–Trinajstić information content (AvgIpc) is 3.26. The fourth-order valence-corrected chi connectivity index (χ4v) is 6.46. The fourth-order valence-electron chi connectivity index (χ4n) is 6.46. The first-order chi connectivity index (χ1) is 14.8. The van der Waals surface area contributed by atoms with Crippen molar-refractivity contribution in [2.75, 3.05) is 21.0 Å². The van der Waals surface area contributed by atoms with Crippen LogP contribution in [0.2, 0.25) is 0 Å².